The van der Waals surface area contributed by atoms with E-state index < -0.39 is 0 Å². The molecule has 0 saturated heterocycles. The molecule has 0 aromatic carbocycles. The predicted octanol–water partition coefficient (Wildman–Crippen LogP) is 0.797. The van der Waals surface area contributed by atoms with E-state index in [0.29, 0.717) is 13.0 Å². The van der Waals surface area contributed by atoms with Crippen molar-refractivity contribution in [2.75, 3.05) is 20.1 Å². The largest absolute Gasteiger partial charge is 0.356 e. The Kier molecular flexibility index (Phi) is 7.48. The van der Waals surface area contributed by atoms with Gasteiger partial charge in [0.15, 0.2) is 0 Å². The number of carbonyl (C=O) groups is 2. The van der Waals surface area contributed by atoms with Gasteiger partial charge in [-0.25, -0.2) is 0 Å². The number of hydrogen-bond acceptors (Lipinski definition) is 3. The van der Waals surface area contributed by atoms with Gasteiger partial charge < -0.3 is 16.0 Å². The molecular weight excluding hydrogens is 242 g/mol. The fraction of sp³-hybridized carbons (Fsp3) is 0.857. The molecule has 1 unspecified atom stereocenters. The van der Waals surface area contributed by atoms with Crippen LogP contribution in [0.2, 0.25) is 0 Å². The Morgan fingerprint density at radius 3 is 2.53 bits per heavy atom. The van der Waals surface area contributed by atoms with Crippen LogP contribution in [0.3, 0.4) is 0 Å². The standard InChI is InChI=1S/C14H27N3O2/c1-11(10-13(18)16-9-5-8-15-2)17-14(19)12-6-3-4-7-12/h11-12,15H,3-10H2,1-2H3,(H,16,18)(H,17,19). The summed E-state index contributed by atoms with van der Waals surface area (Å²) < 4.78 is 0. The molecule has 1 aliphatic rings. The van der Waals surface area contributed by atoms with Gasteiger partial charge in [-0.2, -0.15) is 0 Å². The minimum absolute atomic E-state index is 0.00956. The Labute approximate surface area is 115 Å². The van der Waals surface area contributed by atoms with Gasteiger partial charge >= 0.3 is 0 Å². The van der Waals surface area contributed by atoms with Crippen molar-refractivity contribution in [2.45, 2.75) is 51.5 Å². The fourth-order valence-corrected chi connectivity index (χ4v) is 2.44. The molecule has 0 bridgehead atoms. The normalized spacial score (nSPS) is 17.2. The minimum Gasteiger partial charge on any atom is -0.356 e. The summed E-state index contributed by atoms with van der Waals surface area (Å²) in [5.74, 6) is 0.296. The van der Waals surface area contributed by atoms with Crippen molar-refractivity contribution in [1.29, 1.82) is 0 Å². The third kappa shape index (κ3) is 6.57. The summed E-state index contributed by atoms with van der Waals surface area (Å²) in [7, 11) is 1.89. The lowest BCUT2D eigenvalue weighted by atomic mass is 10.1. The smallest absolute Gasteiger partial charge is 0.223 e. The molecule has 0 aromatic rings. The van der Waals surface area contributed by atoms with Crippen molar-refractivity contribution in [3.63, 3.8) is 0 Å². The van der Waals surface area contributed by atoms with E-state index in [1.54, 1.807) is 0 Å². The molecule has 1 rings (SSSR count). The highest BCUT2D eigenvalue weighted by atomic mass is 16.2. The molecule has 1 fully saturated rings. The number of nitrogens with one attached hydrogen (secondary N) is 3. The molecule has 0 heterocycles. The quantitative estimate of drug-likeness (QED) is 0.571. The SMILES string of the molecule is CNCCCNC(=O)CC(C)NC(=O)C1CCCC1. The maximum Gasteiger partial charge on any atom is 0.223 e. The van der Waals surface area contributed by atoms with E-state index in [1.807, 2.05) is 14.0 Å². The van der Waals surface area contributed by atoms with Crippen LogP contribution in [-0.2, 0) is 9.59 Å². The van der Waals surface area contributed by atoms with E-state index in [0.717, 1.165) is 38.6 Å². The third-order valence-electron chi connectivity index (χ3n) is 3.53. The molecule has 19 heavy (non-hydrogen) atoms. The highest BCUT2D eigenvalue weighted by molar-refractivity contribution is 5.81. The molecule has 0 radical (unpaired) electrons. The van der Waals surface area contributed by atoms with E-state index in [4.69, 9.17) is 0 Å². The molecule has 3 N–H and O–H groups in total. The molecular formula is C14H27N3O2. The summed E-state index contributed by atoms with van der Waals surface area (Å²) in [5, 5.41) is 8.83. The fourth-order valence-electron chi connectivity index (χ4n) is 2.44. The van der Waals surface area contributed by atoms with Gasteiger partial charge in [-0.3, -0.25) is 9.59 Å². The monoisotopic (exact) mass is 269 g/mol. The van der Waals surface area contributed by atoms with Crippen molar-refractivity contribution < 1.29 is 9.59 Å². The van der Waals surface area contributed by atoms with Crippen LogP contribution in [-0.4, -0.2) is 38.0 Å². The molecule has 5 nitrogen and oxygen atoms in total. The van der Waals surface area contributed by atoms with Crippen LogP contribution in [0.15, 0.2) is 0 Å². The molecule has 0 spiro atoms. The van der Waals surface area contributed by atoms with Gasteiger partial charge in [0.25, 0.3) is 0 Å². The van der Waals surface area contributed by atoms with Crippen molar-refractivity contribution in [1.82, 2.24) is 16.0 Å². The average molecular weight is 269 g/mol. The first-order valence-electron chi connectivity index (χ1n) is 7.35. The molecule has 1 saturated carbocycles. The maximum atomic E-state index is 11.9. The zero-order valence-corrected chi connectivity index (χ0v) is 12.1. The van der Waals surface area contributed by atoms with Crippen LogP contribution < -0.4 is 16.0 Å². The average Bonchev–Trinajstić information content (AvgIpc) is 2.88. The maximum absolute atomic E-state index is 11.9. The van der Waals surface area contributed by atoms with E-state index >= 15 is 0 Å². The van der Waals surface area contributed by atoms with Crippen LogP contribution in [0.25, 0.3) is 0 Å². The zero-order chi connectivity index (χ0) is 14.1. The first-order chi connectivity index (χ1) is 9.13. The van der Waals surface area contributed by atoms with Crippen molar-refractivity contribution in [3.8, 4) is 0 Å². The van der Waals surface area contributed by atoms with E-state index in [9.17, 15) is 9.59 Å². The Balaban J connectivity index is 2.13. The van der Waals surface area contributed by atoms with Crippen molar-refractivity contribution in [2.24, 2.45) is 5.92 Å². The van der Waals surface area contributed by atoms with Crippen LogP contribution in [0.5, 0.6) is 0 Å². The van der Waals surface area contributed by atoms with Crippen LogP contribution in [0.4, 0.5) is 0 Å². The first-order valence-corrected chi connectivity index (χ1v) is 7.35. The lowest BCUT2D eigenvalue weighted by Crippen LogP contribution is -2.40. The molecule has 1 aliphatic carbocycles. The third-order valence-corrected chi connectivity index (χ3v) is 3.53. The van der Waals surface area contributed by atoms with E-state index in [1.165, 1.54) is 0 Å². The molecule has 1 atom stereocenters. The van der Waals surface area contributed by atoms with Gasteiger partial charge in [-0.05, 0) is 39.8 Å². The second kappa shape index (κ2) is 8.91. The van der Waals surface area contributed by atoms with Crippen LogP contribution in [0, 0.1) is 5.92 Å². The lowest BCUT2D eigenvalue weighted by molar-refractivity contribution is -0.126. The Bertz CT molecular complexity index is 288. The van der Waals surface area contributed by atoms with Crippen LogP contribution in [0.1, 0.15) is 45.4 Å². The van der Waals surface area contributed by atoms with Gasteiger partial charge in [0.1, 0.15) is 0 Å². The van der Waals surface area contributed by atoms with Gasteiger partial charge in [0, 0.05) is 24.9 Å². The summed E-state index contributed by atoms with van der Waals surface area (Å²) in [5.41, 5.74) is 0. The van der Waals surface area contributed by atoms with Crippen molar-refractivity contribution >= 4 is 11.8 Å². The summed E-state index contributed by atoms with van der Waals surface area (Å²) in [6.45, 7) is 3.47. The summed E-state index contributed by atoms with van der Waals surface area (Å²) in [6.07, 6.45) is 5.57. The zero-order valence-electron chi connectivity index (χ0n) is 12.1. The van der Waals surface area contributed by atoms with Gasteiger partial charge in [-0.15, -0.1) is 0 Å². The Morgan fingerprint density at radius 1 is 1.21 bits per heavy atom. The molecule has 2 amide bonds. The first kappa shape index (κ1) is 16.0. The lowest BCUT2D eigenvalue weighted by Gasteiger charge is -2.16. The number of carbonyl (C=O) groups excluding carboxylic acids is 2. The summed E-state index contributed by atoms with van der Waals surface area (Å²) >= 11 is 0. The summed E-state index contributed by atoms with van der Waals surface area (Å²) in [6, 6.07) is -0.0857. The molecule has 5 heteroatoms. The summed E-state index contributed by atoms with van der Waals surface area (Å²) in [4.78, 5) is 23.5. The van der Waals surface area contributed by atoms with Crippen LogP contribution >= 0.6 is 0 Å². The Morgan fingerprint density at radius 2 is 1.89 bits per heavy atom. The van der Waals surface area contributed by atoms with Gasteiger partial charge in [0.2, 0.25) is 11.8 Å². The number of amides is 2. The second-order valence-corrected chi connectivity index (χ2v) is 5.40. The Hall–Kier alpha value is -1.10. The topological polar surface area (TPSA) is 70.2 Å². The molecule has 0 aromatic heterocycles. The minimum atomic E-state index is -0.0857. The van der Waals surface area contributed by atoms with Gasteiger partial charge in [0.05, 0.1) is 0 Å². The highest BCUT2D eigenvalue weighted by Gasteiger charge is 2.23. The number of hydrogen-bond donors (Lipinski definition) is 3. The van der Waals surface area contributed by atoms with E-state index in [-0.39, 0.29) is 23.8 Å². The number of rotatable bonds is 8. The molecule has 110 valence electrons. The van der Waals surface area contributed by atoms with E-state index in [2.05, 4.69) is 16.0 Å². The predicted molar refractivity (Wildman–Crippen MR) is 75.7 cm³/mol. The second-order valence-electron chi connectivity index (χ2n) is 5.40. The molecule has 0 aliphatic heterocycles. The highest BCUT2D eigenvalue weighted by Crippen LogP contribution is 2.24. The van der Waals surface area contributed by atoms with Crippen molar-refractivity contribution in [3.05, 3.63) is 0 Å². The van der Waals surface area contributed by atoms with Gasteiger partial charge in [-0.1, -0.05) is 12.8 Å².